The number of carbonyl (C=O) groups excluding carboxylic acids is 1. The van der Waals surface area contributed by atoms with Crippen LogP contribution in [0.1, 0.15) is 5.56 Å². The molecule has 0 spiro atoms. The lowest BCUT2D eigenvalue weighted by Crippen LogP contribution is -2.11. The van der Waals surface area contributed by atoms with Gasteiger partial charge in [0.2, 0.25) is 0 Å². The van der Waals surface area contributed by atoms with Crippen LogP contribution in [0.5, 0.6) is 0 Å². The van der Waals surface area contributed by atoms with Gasteiger partial charge < -0.3 is 5.32 Å². The topological polar surface area (TPSA) is 29.1 Å². The molecule has 0 fully saturated rings. The number of para-hydroxylation sites is 1. The SMILES string of the molecule is C=Cc1ccccc1NC(=O)C(=C)Br. The average Bonchev–Trinajstić information content (AvgIpc) is 2.18. The smallest absolute Gasteiger partial charge is 0.262 e. The van der Waals surface area contributed by atoms with Crippen LogP contribution in [0.2, 0.25) is 0 Å². The van der Waals surface area contributed by atoms with E-state index in [0.29, 0.717) is 4.48 Å². The predicted octanol–water partition coefficient (Wildman–Crippen LogP) is 3.18. The quantitative estimate of drug-likeness (QED) is 0.822. The summed E-state index contributed by atoms with van der Waals surface area (Å²) in [5, 5.41) is 2.70. The highest BCUT2D eigenvalue weighted by Gasteiger charge is 2.05. The van der Waals surface area contributed by atoms with Crippen LogP contribution < -0.4 is 5.32 Å². The molecule has 0 unspecified atom stereocenters. The largest absolute Gasteiger partial charge is 0.321 e. The van der Waals surface area contributed by atoms with Crippen molar-refractivity contribution in [2.24, 2.45) is 0 Å². The second-order valence-electron chi connectivity index (χ2n) is 2.65. The third-order valence-corrected chi connectivity index (χ3v) is 2.04. The fourth-order valence-corrected chi connectivity index (χ4v) is 1.08. The van der Waals surface area contributed by atoms with Gasteiger partial charge in [0, 0.05) is 5.69 Å². The standard InChI is InChI=1S/C11H10BrNO/c1-3-9-6-4-5-7-10(9)13-11(14)8(2)12/h3-7H,1-2H2,(H,13,14). The molecular weight excluding hydrogens is 242 g/mol. The van der Waals surface area contributed by atoms with Gasteiger partial charge in [0.05, 0.1) is 4.48 Å². The zero-order valence-electron chi connectivity index (χ0n) is 7.59. The summed E-state index contributed by atoms with van der Waals surface area (Å²) in [4.78, 5) is 11.3. The second-order valence-corrected chi connectivity index (χ2v) is 3.61. The van der Waals surface area contributed by atoms with Gasteiger partial charge in [-0.15, -0.1) is 0 Å². The van der Waals surface area contributed by atoms with Crippen LogP contribution in [0.3, 0.4) is 0 Å². The molecule has 0 atom stereocenters. The van der Waals surface area contributed by atoms with Gasteiger partial charge >= 0.3 is 0 Å². The molecule has 72 valence electrons. The number of benzene rings is 1. The molecule has 14 heavy (non-hydrogen) atoms. The highest BCUT2D eigenvalue weighted by Crippen LogP contribution is 2.17. The van der Waals surface area contributed by atoms with E-state index >= 15 is 0 Å². The Hall–Kier alpha value is -1.35. The normalized spacial score (nSPS) is 9.21. The molecule has 1 aromatic carbocycles. The molecule has 1 N–H and O–H groups in total. The van der Waals surface area contributed by atoms with Crippen molar-refractivity contribution in [2.75, 3.05) is 5.32 Å². The summed E-state index contributed by atoms with van der Waals surface area (Å²) in [6.07, 6.45) is 1.69. The second kappa shape index (κ2) is 4.77. The van der Waals surface area contributed by atoms with Crippen LogP contribution in [0.25, 0.3) is 6.08 Å². The molecule has 0 saturated heterocycles. The van der Waals surface area contributed by atoms with Crippen LogP contribution in [0.4, 0.5) is 5.69 Å². The van der Waals surface area contributed by atoms with Gasteiger partial charge in [-0.25, -0.2) is 0 Å². The number of carbonyl (C=O) groups is 1. The van der Waals surface area contributed by atoms with Crippen molar-refractivity contribution >= 4 is 33.6 Å². The Morgan fingerprint density at radius 1 is 1.43 bits per heavy atom. The minimum atomic E-state index is -0.251. The van der Waals surface area contributed by atoms with Gasteiger partial charge in [-0.05, 0) is 27.6 Å². The van der Waals surface area contributed by atoms with E-state index < -0.39 is 0 Å². The van der Waals surface area contributed by atoms with E-state index in [4.69, 9.17) is 0 Å². The monoisotopic (exact) mass is 251 g/mol. The fourth-order valence-electron chi connectivity index (χ4n) is 0.979. The van der Waals surface area contributed by atoms with Crippen molar-refractivity contribution < 1.29 is 4.79 Å². The third kappa shape index (κ3) is 2.57. The molecule has 1 aromatic rings. The zero-order chi connectivity index (χ0) is 10.6. The molecule has 2 nitrogen and oxygen atoms in total. The molecule has 0 aliphatic carbocycles. The number of anilines is 1. The lowest BCUT2D eigenvalue weighted by molar-refractivity contribution is -0.112. The number of hydrogen-bond acceptors (Lipinski definition) is 1. The van der Waals surface area contributed by atoms with Crippen LogP contribution in [0.15, 0.2) is 41.9 Å². The van der Waals surface area contributed by atoms with Crippen LogP contribution in [-0.2, 0) is 4.79 Å². The van der Waals surface area contributed by atoms with Crippen molar-refractivity contribution in [2.45, 2.75) is 0 Å². The van der Waals surface area contributed by atoms with Gasteiger partial charge in [0.15, 0.2) is 0 Å². The van der Waals surface area contributed by atoms with E-state index in [-0.39, 0.29) is 5.91 Å². The molecule has 0 aromatic heterocycles. The molecule has 0 bridgehead atoms. The number of hydrogen-bond donors (Lipinski definition) is 1. The number of rotatable bonds is 3. The first-order valence-electron chi connectivity index (χ1n) is 4.02. The van der Waals surface area contributed by atoms with Crippen molar-refractivity contribution in [1.29, 1.82) is 0 Å². The van der Waals surface area contributed by atoms with E-state index in [9.17, 15) is 4.79 Å². The summed E-state index contributed by atoms with van der Waals surface area (Å²) >= 11 is 3.01. The number of amides is 1. The van der Waals surface area contributed by atoms with Crippen molar-refractivity contribution in [3.8, 4) is 0 Å². The van der Waals surface area contributed by atoms with E-state index in [1.54, 1.807) is 6.08 Å². The Morgan fingerprint density at radius 2 is 2.07 bits per heavy atom. The number of halogens is 1. The summed E-state index contributed by atoms with van der Waals surface area (Å²) in [6.45, 7) is 7.14. The summed E-state index contributed by atoms with van der Waals surface area (Å²) < 4.78 is 0.302. The minimum absolute atomic E-state index is 0.251. The van der Waals surface area contributed by atoms with Gasteiger partial charge in [0.1, 0.15) is 0 Å². The molecule has 1 amide bonds. The zero-order valence-corrected chi connectivity index (χ0v) is 9.17. The summed E-state index contributed by atoms with van der Waals surface area (Å²) in [5.74, 6) is -0.251. The van der Waals surface area contributed by atoms with Gasteiger partial charge in [0.25, 0.3) is 5.91 Å². The Morgan fingerprint density at radius 3 is 2.64 bits per heavy atom. The fraction of sp³-hybridized carbons (Fsp3) is 0. The first-order valence-corrected chi connectivity index (χ1v) is 4.81. The average molecular weight is 252 g/mol. The molecule has 3 heteroatoms. The highest BCUT2D eigenvalue weighted by molar-refractivity contribution is 9.12. The molecular formula is C11H10BrNO. The summed E-state index contributed by atoms with van der Waals surface area (Å²) in [5.41, 5.74) is 1.61. The Bertz CT molecular complexity index is 385. The Balaban J connectivity index is 2.91. The first kappa shape index (κ1) is 10.7. The van der Waals surface area contributed by atoms with E-state index in [1.165, 1.54) is 0 Å². The van der Waals surface area contributed by atoms with Gasteiger partial charge in [-0.3, -0.25) is 4.79 Å². The minimum Gasteiger partial charge on any atom is -0.321 e. The maximum Gasteiger partial charge on any atom is 0.262 e. The molecule has 0 saturated carbocycles. The van der Waals surface area contributed by atoms with E-state index in [1.807, 2.05) is 24.3 Å². The summed E-state index contributed by atoms with van der Waals surface area (Å²) in [6, 6.07) is 7.42. The molecule has 0 aliphatic rings. The Labute approximate surface area is 91.5 Å². The highest BCUT2D eigenvalue weighted by atomic mass is 79.9. The molecule has 0 heterocycles. The maximum atomic E-state index is 11.3. The summed E-state index contributed by atoms with van der Waals surface area (Å²) in [7, 11) is 0. The first-order chi connectivity index (χ1) is 6.65. The van der Waals surface area contributed by atoms with E-state index in [2.05, 4.69) is 34.4 Å². The lowest BCUT2D eigenvalue weighted by Gasteiger charge is -2.06. The molecule has 0 radical (unpaired) electrons. The predicted molar refractivity (Wildman–Crippen MR) is 63.2 cm³/mol. The maximum absolute atomic E-state index is 11.3. The molecule has 0 aliphatic heterocycles. The van der Waals surface area contributed by atoms with Gasteiger partial charge in [-0.2, -0.15) is 0 Å². The Kier molecular flexibility index (Phi) is 3.65. The van der Waals surface area contributed by atoms with Crippen molar-refractivity contribution in [3.05, 3.63) is 47.5 Å². The van der Waals surface area contributed by atoms with Crippen LogP contribution in [0, 0.1) is 0 Å². The van der Waals surface area contributed by atoms with Crippen molar-refractivity contribution in [1.82, 2.24) is 0 Å². The van der Waals surface area contributed by atoms with Crippen molar-refractivity contribution in [3.63, 3.8) is 0 Å². The lowest BCUT2D eigenvalue weighted by atomic mass is 10.2. The van der Waals surface area contributed by atoms with Crippen LogP contribution in [-0.4, -0.2) is 5.91 Å². The third-order valence-electron chi connectivity index (χ3n) is 1.68. The molecule has 1 rings (SSSR count). The number of nitrogens with one attached hydrogen (secondary N) is 1. The van der Waals surface area contributed by atoms with E-state index in [0.717, 1.165) is 11.3 Å². The van der Waals surface area contributed by atoms with Crippen LogP contribution >= 0.6 is 15.9 Å². The van der Waals surface area contributed by atoms with Gasteiger partial charge in [-0.1, -0.05) is 37.4 Å².